The summed E-state index contributed by atoms with van der Waals surface area (Å²) < 4.78 is 0. The second-order valence-corrected chi connectivity index (χ2v) is 4.69. The number of aromatic nitrogens is 3. The van der Waals surface area contributed by atoms with E-state index in [0.29, 0.717) is 0 Å². The molecule has 0 spiro atoms. The first kappa shape index (κ1) is 13.5. The van der Waals surface area contributed by atoms with Gasteiger partial charge in [0.15, 0.2) is 0 Å². The molecule has 0 fully saturated rings. The molecule has 0 saturated carbocycles. The van der Waals surface area contributed by atoms with Crippen LogP contribution in [0, 0.1) is 0 Å². The van der Waals surface area contributed by atoms with Crippen molar-refractivity contribution in [1.29, 1.82) is 0 Å². The van der Waals surface area contributed by atoms with Gasteiger partial charge in [0.05, 0.1) is 11.9 Å². The highest BCUT2D eigenvalue weighted by atomic mass is 15.1. The summed E-state index contributed by atoms with van der Waals surface area (Å²) in [6.07, 6.45) is 16.2. The van der Waals surface area contributed by atoms with Gasteiger partial charge in [-0.3, -0.25) is 10.1 Å². The zero-order valence-electron chi connectivity index (χ0n) is 11.5. The Balaban J connectivity index is 1.95. The van der Waals surface area contributed by atoms with Crippen LogP contribution in [0.25, 0.3) is 17.3 Å². The minimum absolute atomic E-state index is 1.04. The van der Waals surface area contributed by atoms with Gasteiger partial charge in [-0.2, -0.15) is 5.10 Å². The van der Waals surface area contributed by atoms with E-state index in [1.165, 1.54) is 25.7 Å². The van der Waals surface area contributed by atoms with E-state index >= 15 is 0 Å². The maximum Gasteiger partial charge on any atom is 0.0737 e. The quantitative estimate of drug-likeness (QED) is 0.742. The van der Waals surface area contributed by atoms with Gasteiger partial charge in [-0.05, 0) is 25.0 Å². The Morgan fingerprint density at radius 1 is 1.21 bits per heavy atom. The lowest BCUT2D eigenvalue weighted by atomic mass is 10.1. The first-order valence-corrected chi connectivity index (χ1v) is 7.02. The lowest BCUT2D eigenvalue weighted by Crippen LogP contribution is -1.82. The summed E-state index contributed by atoms with van der Waals surface area (Å²) in [5.74, 6) is 0. The van der Waals surface area contributed by atoms with Crippen LogP contribution in [-0.2, 0) is 0 Å². The molecule has 0 atom stereocenters. The van der Waals surface area contributed by atoms with Crippen LogP contribution in [0.2, 0.25) is 0 Å². The van der Waals surface area contributed by atoms with E-state index in [9.17, 15) is 0 Å². The summed E-state index contributed by atoms with van der Waals surface area (Å²) in [7, 11) is 0. The third-order valence-electron chi connectivity index (χ3n) is 3.14. The van der Waals surface area contributed by atoms with Crippen molar-refractivity contribution >= 4 is 6.08 Å². The van der Waals surface area contributed by atoms with Crippen LogP contribution < -0.4 is 0 Å². The third-order valence-corrected chi connectivity index (χ3v) is 3.14. The number of unbranched alkanes of at least 4 members (excludes halogenated alkanes) is 4. The Bertz CT molecular complexity index is 500. The molecule has 0 amide bonds. The molecule has 0 unspecified atom stereocenters. The van der Waals surface area contributed by atoms with Crippen LogP contribution in [0.15, 0.2) is 36.8 Å². The van der Waals surface area contributed by atoms with Crippen LogP contribution in [-0.4, -0.2) is 15.2 Å². The molecule has 2 rings (SSSR count). The van der Waals surface area contributed by atoms with Crippen LogP contribution >= 0.6 is 0 Å². The van der Waals surface area contributed by atoms with Crippen molar-refractivity contribution in [2.75, 3.05) is 0 Å². The second-order valence-electron chi connectivity index (χ2n) is 4.69. The first-order valence-electron chi connectivity index (χ1n) is 7.02. The molecule has 0 aliphatic heterocycles. The zero-order chi connectivity index (χ0) is 13.3. The molecule has 0 saturated heterocycles. The lowest BCUT2D eigenvalue weighted by molar-refractivity contribution is 0.675. The second kappa shape index (κ2) is 7.52. The zero-order valence-corrected chi connectivity index (χ0v) is 11.5. The van der Waals surface area contributed by atoms with Gasteiger partial charge in [-0.1, -0.05) is 38.3 Å². The van der Waals surface area contributed by atoms with Crippen molar-refractivity contribution in [3.63, 3.8) is 0 Å². The average Bonchev–Trinajstić information content (AvgIpc) is 2.92. The Morgan fingerprint density at radius 2 is 2.16 bits per heavy atom. The molecular weight excluding hydrogens is 234 g/mol. The number of pyridine rings is 1. The molecule has 0 aliphatic rings. The maximum atomic E-state index is 4.14. The Hall–Kier alpha value is -1.90. The molecular formula is C16H21N3. The van der Waals surface area contributed by atoms with Crippen LogP contribution in [0.3, 0.4) is 0 Å². The van der Waals surface area contributed by atoms with Gasteiger partial charge in [0.25, 0.3) is 0 Å². The Labute approximate surface area is 114 Å². The summed E-state index contributed by atoms with van der Waals surface area (Å²) in [6.45, 7) is 2.24. The molecule has 2 aromatic rings. The van der Waals surface area contributed by atoms with E-state index in [1.54, 1.807) is 6.20 Å². The summed E-state index contributed by atoms with van der Waals surface area (Å²) in [4.78, 5) is 4.14. The van der Waals surface area contributed by atoms with Crippen LogP contribution in [0.1, 0.15) is 44.6 Å². The molecule has 1 N–H and O–H groups in total. The molecule has 3 nitrogen and oxygen atoms in total. The highest BCUT2D eigenvalue weighted by Gasteiger charge is 2.04. The molecule has 0 aliphatic carbocycles. The lowest BCUT2D eigenvalue weighted by Gasteiger charge is -1.98. The molecule has 2 heterocycles. The van der Waals surface area contributed by atoms with Gasteiger partial charge in [0.2, 0.25) is 0 Å². The van der Waals surface area contributed by atoms with Gasteiger partial charge in [0.1, 0.15) is 0 Å². The van der Waals surface area contributed by atoms with Gasteiger partial charge in [-0.25, -0.2) is 0 Å². The van der Waals surface area contributed by atoms with Gasteiger partial charge in [0, 0.05) is 23.5 Å². The number of nitrogens with zero attached hydrogens (tertiary/aromatic N) is 2. The first-order chi connectivity index (χ1) is 9.42. The summed E-state index contributed by atoms with van der Waals surface area (Å²) in [5.41, 5.74) is 3.24. The molecule has 19 heavy (non-hydrogen) atoms. The molecule has 0 aromatic carbocycles. The van der Waals surface area contributed by atoms with E-state index in [1.807, 2.05) is 24.5 Å². The van der Waals surface area contributed by atoms with Crippen molar-refractivity contribution in [2.45, 2.75) is 39.0 Å². The standard InChI is InChI=1S/C16H21N3/c1-2-3-4-5-6-7-9-15-13-18-19-16(15)14-10-8-11-17-12-14/h7-13H,2-6H2,1H3,(H,18,19)/b9-7+. The fraction of sp³-hybridized carbons (Fsp3) is 0.375. The highest BCUT2D eigenvalue weighted by Crippen LogP contribution is 2.21. The number of hydrogen-bond donors (Lipinski definition) is 1. The van der Waals surface area contributed by atoms with Crippen molar-refractivity contribution < 1.29 is 0 Å². The average molecular weight is 255 g/mol. The fourth-order valence-corrected chi connectivity index (χ4v) is 2.06. The van der Waals surface area contributed by atoms with E-state index in [0.717, 1.165) is 23.2 Å². The van der Waals surface area contributed by atoms with Crippen molar-refractivity contribution in [3.05, 3.63) is 42.4 Å². The number of allylic oxidation sites excluding steroid dienone is 1. The normalized spacial score (nSPS) is 11.2. The van der Waals surface area contributed by atoms with Crippen LogP contribution in [0.4, 0.5) is 0 Å². The molecule has 2 aromatic heterocycles. The summed E-state index contributed by atoms with van der Waals surface area (Å²) in [5, 5.41) is 7.16. The smallest absolute Gasteiger partial charge is 0.0737 e. The van der Waals surface area contributed by atoms with Gasteiger partial charge in [-0.15, -0.1) is 0 Å². The van der Waals surface area contributed by atoms with E-state index in [4.69, 9.17) is 0 Å². The van der Waals surface area contributed by atoms with E-state index < -0.39 is 0 Å². The third kappa shape index (κ3) is 4.05. The minimum Gasteiger partial charge on any atom is -0.277 e. The van der Waals surface area contributed by atoms with E-state index in [2.05, 4.69) is 34.3 Å². The van der Waals surface area contributed by atoms with E-state index in [-0.39, 0.29) is 0 Å². The number of nitrogens with one attached hydrogen (secondary N) is 1. The SMILES string of the molecule is CCCCCC/C=C/c1cn[nH]c1-c1cccnc1. The largest absolute Gasteiger partial charge is 0.277 e. The monoisotopic (exact) mass is 255 g/mol. The van der Waals surface area contributed by atoms with Gasteiger partial charge >= 0.3 is 0 Å². The van der Waals surface area contributed by atoms with Crippen molar-refractivity contribution in [3.8, 4) is 11.3 Å². The summed E-state index contributed by atoms with van der Waals surface area (Å²) in [6, 6.07) is 3.98. The predicted molar refractivity (Wildman–Crippen MR) is 79.6 cm³/mol. The number of hydrogen-bond acceptors (Lipinski definition) is 2. The molecule has 3 heteroatoms. The number of rotatable bonds is 7. The number of H-pyrrole nitrogens is 1. The number of aromatic amines is 1. The summed E-state index contributed by atoms with van der Waals surface area (Å²) >= 11 is 0. The highest BCUT2D eigenvalue weighted by molar-refractivity contribution is 5.70. The fourth-order valence-electron chi connectivity index (χ4n) is 2.06. The van der Waals surface area contributed by atoms with Gasteiger partial charge < -0.3 is 0 Å². The minimum atomic E-state index is 1.04. The van der Waals surface area contributed by atoms with Crippen molar-refractivity contribution in [1.82, 2.24) is 15.2 Å². The predicted octanol–water partition coefficient (Wildman–Crippen LogP) is 4.46. The molecule has 0 radical (unpaired) electrons. The Morgan fingerprint density at radius 3 is 2.95 bits per heavy atom. The van der Waals surface area contributed by atoms with Crippen LogP contribution in [0.5, 0.6) is 0 Å². The Kier molecular flexibility index (Phi) is 5.35. The molecule has 100 valence electrons. The van der Waals surface area contributed by atoms with Crippen molar-refractivity contribution in [2.24, 2.45) is 0 Å². The topological polar surface area (TPSA) is 41.6 Å². The maximum absolute atomic E-state index is 4.14. The molecule has 0 bridgehead atoms.